The second kappa shape index (κ2) is 12.0. The Balaban J connectivity index is 1.55. The molecule has 2 aromatic carbocycles. The number of thiophene rings is 1. The van der Waals surface area contributed by atoms with Crippen LogP contribution in [0.3, 0.4) is 0 Å². The number of amides is 1. The van der Waals surface area contributed by atoms with Crippen molar-refractivity contribution in [3.63, 3.8) is 0 Å². The molecule has 4 rings (SSSR count). The average Bonchev–Trinajstić information content (AvgIpc) is 3.52. The van der Waals surface area contributed by atoms with Crippen LogP contribution in [0, 0.1) is 13.8 Å². The molecule has 0 spiro atoms. The van der Waals surface area contributed by atoms with E-state index in [0.717, 1.165) is 22.3 Å². The SMILES string of the molecule is CCn1c(SCC(=O)Nc2scc(-c3cc(C)ccc3C)c2C(=O)OC)nnc1-c1cc(Cl)ccc1OC. The minimum Gasteiger partial charge on any atom is -0.496 e. The van der Waals surface area contributed by atoms with Crippen molar-refractivity contribution in [2.75, 3.05) is 25.3 Å². The summed E-state index contributed by atoms with van der Waals surface area (Å²) in [6, 6.07) is 11.3. The Morgan fingerprint density at radius 2 is 1.87 bits per heavy atom. The topological polar surface area (TPSA) is 95.3 Å². The fraction of sp³-hybridized carbons (Fsp3) is 0.259. The van der Waals surface area contributed by atoms with Crippen LogP contribution < -0.4 is 10.1 Å². The number of halogens is 1. The number of aromatic nitrogens is 3. The highest BCUT2D eigenvalue weighted by atomic mass is 35.5. The molecular formula is C27H27ClN4O4S2. The van der Waals surface area contributed by atoms with Crippen LogP contribution in [0.15, 0.2) is 46.9 Å². The molecule has 0 fully saturated rings. The summed E-state index contributed by atoms with van der Waals surface area (Å²) < 4.78 is 12.4. The molecule has 0 bridgehead atoms. The van der Waals surface area contributed by atoms with Gasteiger partial charge in [0.15, 0.2) is 11.0 Å². The normalized spacial score (nSPS) is 10.9. The molecule has 0 radical (unpaired) electrons. The third-order valence-electron chi connectivity index (χ3n) is 5.88. The molecule has 0 atom stereocenters. The lowest BCUT2D eigenvalue weighted by molar-refractivity contribution is -0.113. The van der Waals surface area contributed by atoms with E-state index in [9.17, 15) is 9.59 Å². The second-order valence-corrected chi connectivity index (χ2v) is 10.7. The van der Waals surface area contributed by atoms with Crippen LogP contribution in [-0.2, 0) is 16.1 Å². The molecule has 1 N–H and O–H groups in total. The first-order valence-corrected chi connectivity index (χ1v) is 14.0. The predicted octanol–water partition coefficient (Wildman–Crippen LogP) is 6.49. The molecule has 11 heteroatoms. The summed E-state index contributed by atoms with van der Waals surface area (Å²) in [6.07, 6.45) is 0. The van der Waals surface area contributed by atoms with Crippen molar-refractivity contribution in [3.05, 3.63) is 63.5 Å². The quantitative estimate of drug-likeness (QED) is 0.181. The third-order valence-corrected chi connectivity index (χ3v) is 7.98. The van der Waals surface area contributed by atoms with Gasteiger partial charge in [0.1, 0.15) is 16.3 Å². The molecule has 38 heavy (non-hydrogen) atoms. The van der Waals surface area contributed by atoms with E-state index in [2.05, 4.69) is 15.5 Å². The number of methoxy groups -OCH3 is 2. The maximum atomic E-state index is 13.0. The highest BCUT2D eigenvalue weighted by Crippen LogP contribution is 2.38. The van der Waals surface area contributed by atoms with Crippen LogP contribution in [0.5, 0.6) is 5.75 Å². The monoisotopic (exact) mass is 570 g/mol. The fourth-order valence-corrected chi connectivity index (χ4v) is 5.95. The van der Waals surface area contributed by atoms with Crippen molar-refractivity contribution in [2.24, 2.45) is 0 Å². The second-order valence-electron chi connectivity index (χ2n) is 8.40. The zero-order chi connectivity index (χ0) is 27.4. The Morgan fingerprint density at radius 1 is 1.08 bits per heavy atom. The highest BCUT2D eigenvalue weighted by molar-refractivity contribution is 7.99. The van der Waals surface area contributed by atoms with Gasteiger partial charge in [-0.05, 0) is 50.1 Å². The molecule has 0 unspecified atom stereocenters. The van der Waals surface area contributed by atoms with E-state index in [1.165, 1.54) is 30.2 Å². The van der Waals surface area contributed by atoms with Gasteiger partial charge in [0.2, 0.25) is 5.91 Å². The molecule has 0 saturated heterocycles. The van der Waals surface area contributed by atoms with Gasteiger partial charge in [0.25, 0.3) is 0 Å². The number of carbonyl (C=O) groups is 2. The number of aryl methyl sites for hydroxylation is 2. The standard InChI is InChI=1S/C27H27ClN4O4S2/c1-6-32-24(19-12-17(28)9-10-21(19)35-4)30-31-27(32)38-14-22(33)29-25-23(26(34)36-5)20(13-37-25)18-11-15(2)7-8-16(18)3/h7-13H,6,14H2,1-5H3,(H,29,33). The average molecular weight is 571 g/mol. The van der Waals surface area contributed by atoms with E-state index < -0.39 is 5.97 Å². The fourth-order valence-electron chi connectivity index (χ4n) is 4.01. The Labute approximate surface area is 234 Å². The van der Waals surface area contributed by atoms with Crippen molar-refractivity contribution in [1.29, 1.82) is 0 Å². The number of nitrogens with zero attached hydrogens (tertiary/aromatic N) is 3. The van der Waals surface area contributed by atoms with Crippen LogP contribution in [-0.4, -0.2) is 46.6 Å². The highest BCUT2D eigenvalue weighted by Gasteiger charge is 2.24. The van der Waals surface area contributed by atoms with Crippen LogP contribution in [0.25, 0.3) is 22.5 Å². The number of rotatable bonds is 9. The summed E-state index contributed by atoms with van der Waals surface area (Å²) >= 11 is 8.75. The number of nitrogens with one attached hydrogen (secondary N) is 1. The minimum absolute atomic E-state index is 0.0716. The lowest BCUT2D eigenvalue weighted by Crippen LogP contribution is -2.16. The van der Waals surface area contributed by atoms with Gasteiger partial charge in [-0.3, -0.25) is 4.79 Å². The lowest BCUT2D eigenvalue weighted by atomic mass is 9.97. The van der Waals surface area contributed by atoms with Crippen LogP contribution >= 0.6 is 34.7 Å². The molecule has 0 aliphatic heterocycles. The summed E-state index contributed by atoms with van der Waals surface area (Å²) in [4.78, 5) is 25.7. The van der Waals surface area contributed by atoms with Crippen molar-refractivity contribution in [2.45, 2.75) is 32.5 Å². The van der Waals surface area contributed by atoms with Crippen molar-refractivity contribution in [3.8, 4) is 28.3 Å². The number of thioether (sulfide) groups is 1. The van der Waals surface area contributed by atoms with Gasteiger partial charge in [0, 0.05) is 22.5 Å². The summed E-state index contributed by atoms with van der Waals surface area (Å²) in [5, 5.41) is 15.0. The zero-order valence-electron chi connectivity index (χ0n) is 21.6. The molecule has 198 valence electrons. The van der Waals surface area contributed by atoms with Gasteiger partial charge in [-0.25, -0.2) is 4.79 Å². The molecular weight excluding hydrogens is 544 g/mol. The number of carbonyl (C=O) groups excluding carboxylic acids is 2. The number of hydrogen-bond donors (Lipinski definition) is 1. The number of esters is 1. The first kappa shape index (κ1) is 27.7. The van der Waals surface area contributed by atoms with E-state index in [-0.39, 0.29) is 11.7 Å². The summed E-state index contributed by atoms with van der Waals surface area (Å²) in [7, 11) is 2.91. The minimum atomic E-state index is -0.504. The lowest BCUT2D eigenvalue weighted by Gasteiger charge is -2.11. The molecule has 0 saturated carbocycles. The molecule has 8 nitrogen and oxygen atoms in total. The van der Waals surface area contributed by atoms with E-state index in [4.69, 9.17) is 21.1 Å². The van der Waals surface area contributed by atoms with Crippen molar-refractivity contribution in [1.82, 2.24) is 14.8 Å². The maximum absolute atomic E-state index is 13.0. The van der Waals surface area contributed by atoms with Gasteiger partial charge in [0.05, 0.1) is 25.5 Å². The van der Waals surface area contributed by atoms with Crippen molar-refractivity contribution < 1.29 is 19.1 Å². The summed E-state index contributed by atoms with van der Waals surface area (Å²) in [5.74, 6) is 0.512. The number of ether oxygens (including phenoxy) is 2. The van der Waals surface area contributed by atoms with E-state index in [0.29, 0.717) is 44.4 Å². The van der Waals surface area contributed by atoms with Gasteiger partial charge < -0.3 is 19.4 Å². The van der Waals surface area contributed by atoms with Gasteiger partial charge >= 0.3 is 5.97 Å². The zero-order valence-corrected chi connectivity index (χ0v) is 24.0. The van der Waals surface area contributed by atoms with Crippen LogP contribution in [0.2, 0.25) is 5.02 Å². The first-order valence-electron chi connectivity index (χ1n) is 11.7. The largest absolute Gasteiger partial charge is 0.496 e. The van der Waals surface area contributed by atoms with Gasteiger partial charge in [-0.2, -0.15) is 0 Å². The third kappa shape index (κ3) is 5.72. The Morgan fingerprint density at radius 3 is 2.58 bits per heavy atom. The van der Waals surface area contributed by atoms with Gasteiger partial charge in [-0.15, -0.1) is 21.5 Å². The molecule has 1 amide bonds. The maximum Gasteiger partial charge on any atom is 0.341 e. The van der Waals surface area contributed by atoms with E-state index in [1.807, 2.05) is 48.9 Å². The molecule has 2 aromatic heterocycles. The Hall–Kier alpha value is -3.34. The van der Waals surface area contributed by atoms with Gasteiger partial charge in [-0.1, -0.05) is 47.1 Å². The first-order chi connectivity index (χ1) is 18.3. The number of benzene rings is 2. The van der Waals surface area contributed by atoms with Crippen LogP contribution in [0.1, 0.15) is 28.4 Å². The Bertz CT molecular complexity index is 1500. The summed E-state index contributed by atoms with van der Waals surface area (Å²) in [5.41, 5.74) is 4.82. The molecule has 0 aliphatic rings. The number of hydrogen-bond acceptors (Lipinski definition) is 8. The van der Waals surface area contributed by atoms with Crippen molar-refractivity contribution >= 4 is 51.6 Å². The van der Waals surface area contributed by atoms with E-state index >= 15 is 0 Å². The molecule has 4 aromatic rings. The molecule has 0 aliphatic carbocycles. The predicted molar refractivity (Wildman–Crippen MR) is 153 cm³/mol. The van der Waals surface area contributed by atoms with E-state index in [1.54, 1.807) is 25.3 Å². The Kier molecular flexibility index (Phi) is 8.76. The molecule has 2 heterocycles. The smallest absolute Gasteiger partial charge is 0.341 e. The van der Waals surface area contributed by atoms with Crippen LogP contribution in [0.4, 0.5) is 5.00 Å². The number of anilines is 1. The summed E-state index contributed by atoms with van der Waals surface area (Å²) in [6.45, 7) is 6.53.